The molecule has 0 heterocycles. The van der Waals surface area contributed by atoms with E-state index in [0.717, 1.165) is 25.7 Å². The highest BCUT2D eigenvalue weighted by Gasteiger charge is 2.34. The predicted octanol–water partition coefficient (Wildman–Crippen LogP) is 6.76. The van der Waals surface area contributed by atoms with Crippen LogP contribution in [0.3, 0.4) is 0 Å². The van der Waals surface area contributed by atoms with E-state index in [1.54, 1.807) is 0 Å². The second-order valence-electron chi connectivity index (χ2n) is 6.77. The van der Waals surface area contributed by atoms with Crippen LogP contribution in [0.2, 0.25) is 0 Å². The molecule has 1 aromatic carbocycles. The highest BCUT2D eigenvalue weighted by Crippen LogP contribution is 2.20. The van der Waals surface area contributed by atoms with Crippen LogP contribution in [-0.2, 0) is 28.7 Å². The number of aryl methyl sites for hydroxylation is 3. The van der Waals surface area contributed by atoms with Crippen LogP contribution in [0, 0.1) is 0 Å². The average molecular weight is 388 g/mol. The molecule has 0 saturated carbocycles. The Hall–Kier alpha value is -1.72. The summed E-state index contributed by atoms with van der Waals surface area (Å²) < 4.78 is 43.4. The fourth-order valence-corrected chi connectivity index (χ4v) is 3.00. The zero-order chi connectivity index (χ0) is 20.1. The first kappa shape index (κ1) is 23.3. The lowest BCUT2D eigenvalue weighted by Crippen LogP contribution is -2.20. The van der Waals surface area contributed by atoms with Gasteiger partial charge in [-0.2, -0.15) is 0 Å². The van der Waals surface area contributed by atoms with E-state index in [1.807, 2.05) is 0 Å². The Balaban J connectivity index is 2.56. The largest absolute Gasteiger partial charge is 0.577 e. The number of rotatable bonds is 12. The van der Waals surface area contributed by atoms with E-state index in [-0.39, 0.29) is 6.61 Å². The Kier molecular flexibility index (Phi) is 10.9. The lowest BCUT2D eigenvalue weighted by Gasteiger charge is -2.13. The molecule has 1 rings (SSSR count). The Morgan fingerprint density at radius 2 is 1.52 bits per heavy atom. The van der Waals surface area contributed by atoms with Gasteiger partial charge in [0.1, 0.15) is 0 Å². The summed E-state index contributed by atoms with van der Waals surface area (Å²) in [5.41, 5.74) is 3.82. The summed E-state index contributed by atoms with van der Waals surface area (Å²) in [5.74, 6) is 0. The number of benzene rings is 1. The third-order valence-corrected chi connectivity index (χ3v) is 4.40. The van der Waals surface area contributed by atoms with Crippen molar-refractivity contribution in [2.45, 2.75) is 84.4 Å². The maximum absolute atomic E-state index is 11.9. The van der Waals surface area contributed by atoms with Crippen molar-refractivity contribution in [1.29, 1.82) is 0 Å². The van der Waals surface area contributed by atoms with Crippen LogP contribution in [0.1, 0.15) is 75.5 Å². The zero-order valence-corrected chi connectivity index (χ0v) is 16.4. The smallest absolute Gasteiger partial charge is 0.434 e. The van der Waals surface area contributed by atoms with Gasteiger partial charge in [-0.25, -0.2) is 4.79 Å². The van der Waals surface area contributed by atoms with E-state index >= 15 is 0 Å². The molecular weight excluding hydrogens is 357 g/mol. The van der Waals surface area contributed by atoms with Crippen LogP contribution in [0.5, 0.6) is 0 Å². The molecule has 0 radical (unpaired) electrons. The summed E-state index contributed by atoms with van der Waals surface area (Å²) in [6.45, 7) is 4.26. The molecule has 0 aliphatic carbocycles. The molecule has 0 aliphatic heterocycles. The molecule has 0 aliphatic rings. The number of carbonyl (C=O) groups is 1. The maximum Gasteiger partial charge on any atom is 0.577 e. The average Bonchev–Trinajstić information content (AvgIpc) is 2.59. The quantitative estimate of drug-likeness (QED) is 0.293. The standard InChI is InChI=1S/C21H31F3O3/c1-3-5-7-10-17-13-14-18(19(16-17)11-8-6-4-2)12-9-15-26-20(25)27-21(22,23)24/h13-14,16H,3-12,15H2,1-2H3. The second kappa shape index (κ2) is 12.6. The van der Waals surface area contributed by atoms with E-state index in [4.69, 9.17) is 0 Å². The number of carbonyl (C=O) groups excluding carboxylic acids is 1. The molecule has 6 heteroatoms. The number of unbranched alkanes of at least 4 members (excludes halogenated alkanes) is 4. The molecule has 0 fully saturated rings. The molecular formula is C21H31F3O3. The van der Waals surface area contributed by atoms with E-state index < -0.39 is 12.5 Å². The normalized spacial score (nSPS) is 11.4. The van der Waals surface area contributed by atoms with Gasteiger partial charge in [0, 0.05) is 0 Å². The van der Waals surface area contributed by atoms with Crippen molar-refractivity contribution in [3.05, 3.63) is 34.9 Å². The molecule has 0 bridgehead atoms. The van der Waals surface area contributed by atoms with Crippen LogP contribution in [0.25, 0.3) is 0 Å². The Labute approximate surface area is 160 Å². The van der Waals surface area contributed by atoms with Crippen LogP contribution >= 0.6 is 0 Å². The third-order valence-electron chi connectivity index (χ3n) is 4.40. The lowest BCUT2D eigenvalue weighted by molar-refractivity contribution is -0.299. The molecule has 0 aromatic heterocycles. The minimum Gasteiger partial charge on any atom is -0.434 e. The molecule has 154 valence electrons. The highest BCUT2D eigenvalue weighted by atomic mass is 19.4. The Bertz CT molecular complexity index is 556. The van der Waals surface area contributed by atoms with Crippen molar-refractivity contribution in [2.24, 2.45) is 0 Å². The lowest BCUT2D eigenvalue weighted by atomic mass is 9.94. The summed E-state index contributed by atoms with van der Waals surface area (Å²) in [5, 5.41) is 0. The number of alkyl halides is 3. The molecule has 0 amide bonds. The van der Waals surface area contributed by atoms with Crippen molar-refractivity contribution in [3.63, 3.8) is 0 Å². The predicted molar refractivity (Wildman–Crippen MR) is 99.7 cm³/mol. The first-order chi connectivity index (χ1) is 12.9. The molecule has 0 N–H and O–H groups in total. The minimum absolute atomic E-state index is 0.0957. The highest BCUT2D eigenvalue weighted by molar-refractivity contribution is 5.60. The van der Waals surface area contributed by atoms with Crippen molar-refractivity contribution < 1.29 is 27.4 Å². The van der Waals surface area contributed by atoms with Gasteiger partial charge in [-0.3, -0.25) is 0 Å². The summed E-state index contributed by atoms with van der Waals surface area (Å²) in [7, 11) is 0. The topological polar surface area (TPSA) is 35.5 Å². The molecule has 0 spiro atoms. The second-order valence-corrected chi connectivity index (χ2v) is 6.77. The Morgan fingerprint density at radius 3 is 2.15 bits per heavy atom. The van der Waals surface area contributed by atoms with Crippen LogP contribution in [-0.4, -0.2) is 19.1 Å². The monoisotopic (exact) mass is 388 g/mol. The van der Waals surface area contributed by atoms with Crippen LogP contribution < -0.4 is 0 Å². The summed E-state index contributed by atoms with van der Waals surface area (Å²) in [4.78, 5) is 10.9. The third kappa shape index (κ3) is 10.9. The van der Waals surface area contributed by atoms with Gasteiger partial charge in [0.05, 0.1) is 6.61 Å². The van der Waals surface area contributed by atoms with Gasteiger partial charge in [-0.05, 0) is 55.2 Å². The van der Waals surface area contributed by atoms with Crippen molar-refractivity contribution in [3.8, 4) is 0 Å². The van der Waals surface area contributed by atoms with Gasteiger partial charge in [-0.15, -0.1) is 13.2 Å². The summed E-state index contributed by atoms with van der Waals surface area (Å²) in [6.07, 6.45) is 3.54. The number of hydrogen-bond donors (Lipinski definition) is 0. The first-order valence-corrected chi connectivity index (χ1v) is 9.89. The number of ether oxygens (including phenoxy) is 2. The fourth-order valence-electron chi connectivity index (χ4n) is 3.00. The minimum atomic E-state index is -5.00. The van der Waals surface area contributed by atoms with E-state index in [0.29, 0.717) is 12.8 Å². The van der Waals surface area contributed by atoms with E-state index in [9.17, 15) is 18.0 Å². The van der Waals surface area contributed by atoms with Crippen molar-refractivity contribution in [1.82, 2.24) is 0 Å². The molecule has 0 saturated heterocycles. The Morgan fingerprint density at radius 1 is 0.889 bits per heavy atom. The van der Waals surface area contributed by atoms with Gasteiger partial charge in [0.2, 0.25) is 0 Å². The molecule has 1 aromatic rings. The molecule has 3 nitrogen and oxygen atoms in total. The zero-order valence-electron chi connectivity index (χ0n) is 16.4. The van der Waals surface area contributed by atoms with E-state index in [2.05, 4.69) is 41.5 Å². The number of halogens is 3. The fraction of sp³-hybridized carbons (Fsp3) is 0.667. The van der Waals surface area contributed by atoms with Gasteiger partial charge >= 0.3 is 12.5 Å². The molecule has 27 heavy (non-hydrogen) atoms. The number of hydrogen-bond acceptors (Lipinski definition) is 3. The van der Waals surface area contributed by atoms with Gasteiger partial charge in [-0.1, -0.05) is 57.7 Å². The summed E-state index contributed by atoms with van der Waals surface area (Å²) in [6, 6.07) is 6.50. The maximum atomic E-state index is 11.9. The molecule has 0 unspecified atom stereocenters. The van der Waals surface area contributed by atoms with Crippen molar-refractivity contribution >= 4 is 6.16 Å². The first-order valence-electron chi connectivity index (χ1n) is 9.89. The van der Waals surface area contributed by atoms with E-state index in [1.165, 1.54) is 42.4 Å². The molecule has 0 atom stereocenters. The SMILES string of the molecule is CCCCCc1ccc(CCCOC(=O)OC(F)(F)F)c(CCCCC)c1. The summed E-state index contributed by atoms with van der Waals surface area (Å²) >= 11 is 0. The van der Waals surface area contributed by atoms with Crippen LogP contribution in [0.4, 0.5) is 18.0 Å². The van der Waals surface area contributed by atoms with Crippen LogP contribution in [0.15, 0.2) is 18.2 Å². The van der Waals surface area contributed by atoms with Gasteiger partial charge in [0.15, 0.2) is 0 Å². The van der Waals surface area contributed by atoms with Gasteiger partial charge < -0.3 is 9.47 Å². The van der Waals surface area contributed by atoms with Crippen molar-refractivity contribution in [2.75, 3.05) is 6.61 Å². The van der Waals surface area contributed by atoms with Gasteiger partial charge in [0.25, 0.3) is 0 Å².